The van der Waals surface area contributed by atoms with Crippen molar-refractivity contribution in [1.82, 2.24) is 4.57 Å². The fourth-order valence-electron chi connectivity index (χ4n) is 4.22. The summed E-state index contributed by atoms with van der Waals surface area (Å²) in [6.07, 6.45) is 1.47. The number of ether oxygens (including phenoxy) is 4. The second kappa shape index (κ2) is 12.8. The molecule has 0 saturated heterocycles. The molecule has 1 aromatic heterocycles. The van der Waals surface area contributed by atoms with E-state index in [1.54, 1.807) is 39.0 Å². The number of phenolic OH excluding ortho intramolecular Hbond substituents is 1. The molecule has 0 saturated carbocycles. The molecule has 1 aliphatic heterocycles. The topological polar surface area (TPSA) is 126 Å². The first-order chi connectivity index (χ1) is 19.6. The zero-order chi connectivity index (χ0) is 29.8. The van der Waals surface area contributed by atoms with Crippen LogP contribution in [0.4, 0.5) is 0 Å². The molecule has 13 heteroatoms. The number of carbonyl (C=O) groups excluding carboxylic acids is 2. The van der Waals surface area contributed by atoms with Crippen LogP contribution < -0.4 is 24.4 Å². The number of hydrogen-bond donors (Lipinski definition) is 1. The van der Waals surface area contributed by atoms with Crippen molar-refractivity contribution >= 4 is 52.6 Å². The quantitative estimate of drug-likeness (QED) is 0.358. The van der Waals surface area contributed by atoms with E-state index < -0.39 is 23.5 Å². The third kappa shape index (κ3) is 6.27. The molecule has 1 aliphatic rings. The molecule has 0 radical (unpaired) electrons. The van der Waals surface area contributed by atoms with Gasteiger partial charge in [0, 0.05) is 10.6 Å². The average molecular weight is 621 g/mol. The monoisotopic (exact) mass is 620 g/mol. The predicted molar refractivity (Wildman–Crippen MR) is 154 cm³/mol. The van der Waals surface area contributed by atoms with E-state index in [0.29, 0.717) is 21.8 Å². The zero-order valence-electron chi connectivity index (χ0n) is 22.5. The molecule has 4 rings (SSSR count). The Morgan fingerprint density at radius 1 is 1.12 bits per heavy atom. The van der Waals surface area contributed by atoms with Crippen molar-refractivity contribution in [1.29, 1.82) is 0 Å². The zero-order valence-corrected chi connectivity index (χ0v) is 24.9. The van der Waals surface area contributed by atoms with Gasteiger partial charge in [-0.1, -0.05) is 40.6 Å². The highest BCUT2D eigenvalue weighted by atomic mass is 35.5. The molecule has 2 aromatic carbocycles. The van der Waals surface area contributed by atoms with Crippen LogP contribution in [0.2, 0.25) is 10.0 Å². The van der Waals surface area contributed by atoms with Crippen LogP contribution in [-0.4, -0.2) is 48.5 Å². The average Bonchev–Trinajstić information content (AvgIpc) is 3.23. The fourth-order valence-corrected chi connectivity index (χ4v) is 5.77. The molecule has 0 aliphatic carbocycles. The Bertz CT molecular complexity index is 1730. The highest BCUT2D eigenvalue weighted by molar-refractivity contribution is 7.07. The first kappa shape index (κ1) is 30.2. The summed E-state index contributed by atoms with van der Waals surface area (Å²) in [7, 11) is 1.25. The summed E-state index contributed by atoms with van der Waals surface area (Å²) in [6.45, 7) is 5.19. The van der Waals surface area contributed by atoms with E-state index in [4.69, 9.17) is 37.4 Å². The Balaban J connectivity index is 1.93. The number of carbonyl (C=O) groups is 2. The molecular weight excluding hydrogens is 595 g/mol. The van der Waals surface area contributed by atoms with E-state index in [0.717, 1.165) is 11.3 Å². The number of esters is 2. The number of halogens is 2. The van der Waals surface area contributed by atoms with Crippen molar-refractivity contribution in [2.45, 2.75) is 26.8 Å². The van der Waals surface area contributed by atoms with E-state index in [-0.39, 0.29) is 57.0 Å². The first-order valence-corrected chi connectivity index (χ1v) is 14.0. The van der Waals surface area contributed by atoms with Gasteiger partial charge in [-0.2, -0.15) is 0 Å². The van der Waals surface area contributed by atoms with Crippen LogP contribution in [0.3, 0.4) is 0 Å². The van der Waals surface area contributed by atoms with Gasteiger partial charge in [0.25, 0.3) is 5.56 Å². The SMILES string of the molecule is CCOC(=O)C1=C(C)N=c2s/c(=C\c3cc(Cl)cc(Cl)c3O)c(=O)n2[C@H]1c1ccc(OCC(=O)OC)c(OCC)c1. The molecule has 2 heterocycles. The Morgan fingerprint density at radius 3 is 2.56 bits per heavy atom. The number of rotatable bonds is 9. The lowest BCUT2D eigenvalue weighted by Crippen LogP contribution is -2.40. The molecule has 0 spiro atoms. The second-order valence-electron chi connectivity index (χ2n) is 8.63. The van der Waals surface area contributed by atoms with Gasteiger partial charge in [0.05, 0.1) is 47.2 Å². The van der Waals surface area contributed by atoms with Gasteiger partial charge in [0.1, 0.15) is 5.75 Å². The van der Waals surface area contributed by atoms with Crippen LogP contribution in [0, 0.1) is 0 Å². The number of nitrogens with zero attached hydrogens (tertiary/aromatic N) is 2. The Labute approximate surface area is 248 Å². The molecule has 0 unspecified atom stereocenters. The van der Waals surface area contributed by atoms with Gasteiger partial charge < -0.3 is 24.1 Å². The van der Waals surface area contributed by atoms with Gasteiger partial charge in [0.2, 0.25) is 0 Å². The number of benzene rings is 2. The Hall–Kier alpha value is -3.80. The summed E-state index contributed by atoms with van der Waals surface area (Å²) in [5, 5.41) is 10.8. The molecule has 0 amide bonds. The molecule has 0 bridgehead atoms. The minimum atomic E-state index is -0.933. The van der Waals surface area contributed by atoms with Crippen molar-refractivity contribution < 1.29 is 33.6 Å². The van der Waals surface area contributed by atoms with Crippen molar-refractivity contribution in [3.8, 4) is 17.2 Å². The third-order valence-corrected chi connectivity index (χ3v) is 7.51. The molecule has 41 heavy (non-hydrogen) atoms. The van der Waals surface area contributed by atoms with Crippen molar-refractivity contribution in [3.05, 3.63) is 82.5 Å². The van der Waals surface area contributed by atoms with Gasteiger partial charge >= 0.3 is 11.9 Å². The fraction of sp³-hybridized carbons (Fsp3) is 0.286. The van der Waals surface area contributed by atoms with E-state index in [9.17, 15) is 19.5 Å². The Morgan fingerprint density at radius 2 is 1.88 bits per heavy atom. The van der Waals surface area contributed by atoms with Gasteiger partial charge in [-0.25, -0.2) is 14.6 Å². The molecule has 3 aromatic rings. The molecule has 216 valence electrons. The van der Waals surface area contributed by atoms with Crippen molar-refractivity contribution in [2.24, 2.45) is 4.99 Å². The summed E-state index contributed by atoms with van der Waals surface area (Å²) < 4.78 is 22.9. The third-order valence-electron chi connectivity index (χ3n) is 6.02. The number of thiazole rings is 1. The predicted octanol–water partition coefficient (Wildman–Crippen LogP) is 3.76. The summed E-state index contributed by atoms with van der Waals surface area (Å²) in [5.41, 5.74) is 0.838. The summed E-state index contributed by atoms with van der Waals surface area (Å²) in [6, 6.07) is 6.83. The minimum absolute atomic E-state index is 0.0350. The van der Waals surface area contributed by atoms with Crippen molar-refractivity contribution in [3.63, 3.8) is 0 Å². The van der Waals surface area contributed by atoms with E-state index in [1.807, 2.05) is 0 Å². The minimum Gasteiger partial charge on any atom is -0.506 e. The highest BCUT2D eigenvalue weighted by Gasteiger charge is 2.34. The summed E-state index contributed by atoms with van der Waals surface area (Å²) in [5.74, 6) is -0.853. The van der Waals surface area contributed by atoms with Crippen LogP contribution in [0.25, 0.3) is 6.08 Å². The van der Waals surface area contributed by atoms with Gasteiger partial charge in [-0.3, -0.25) is 9.36 Å². The molecule has 10 nitrogen and oxygen atoms in total. The number of aromatic nitrogens is 1. The van der Waals surface area contributed by atoms with Crippen LogP contribution in [0.5, 0.6) is 17.2 Å². The number of phenols is 1. The number of fused-ring (bicyclic) bond motifs is 1. The molecular formula is C28H26Cl2N2O8S. The lowest BCUT2D eigenvalue weighted by atomic mass is 9.95. The van der Waals surface area contributed by atoms with Gasteiger partial charge in [-0.05, 0) is 56.7 Å². The van der Waals surface area contributed by atoms with Crippen LogP contribution in [-0.2, 0) is 19.1 Å². The number of aromatic hydroxyl groups is 1. The largest absolute Gasteiger partial charge is 0.506 e. The number of allylic oxidation sites excluding steroid dienone is 1. The molecule has 1 N–H and O–H groups in total. The normalized spacial score (nSPS) is 14.8. The lowest BCUT2D eigenvalue weighted by molar-refractivity contribution is -0.143. The van der Waals surface area contributed by atoms with Crippen molar-refractivity contribution in [2.75, 3.05) is 26.9 Å². The van der Waals surface area contributed by atoms with Gasteiger partial charge in [0.15, 0.2) is 22.9 Å². The van der Waals surface area contributed by atoms with E-state index in [1.165, 1.54) is 29.9 Å². The standard InChI is InChI=1S/C28H26Cl2N2O8S/c1-5-38-20-10-15(7-8-19(20)40-13-22(33)37-4)24-23(27(36)39-6-2)14(3)31-28-32(24)26(35)21(41-28)11-16-9-17(29)12-18(30)25(16)34/h7-12,24,34H,5-6,13H2,1-4H3/b21-11-/t24-/m0/s1. The summed E-state index contributed by atoms with van der Waals surface area (Å²) >= 11 is 13.3. The van der Waals surface area contributed by atoms with E-state index >= 15 is 0 Å². The number of hydrogen-bond acceptors (Lipinski definition) is 10. The van der Waals surface area contributed by atoms with Gasteiger partial charge in [-0.15, -0.1) is 0 Å². The maximum atomic E-state index is 13.9. The van der Waals surface area contributed by atoms with Crippen LogP contribution >= 0.6 is 34.5 Å². The van der Waals surface area contributed by atoms with E-state index in [2.05, 4.69) is 9.73 Å². The number of methoxy groups -OCH3 is 1. The van der Waals surface area contributed by atoms with Crippen LogP contribution in [0.15, 0.2) is 51.4 Å². The molecule has 1 atom stereocenters. The maximum Gasteiger partial charge on any atom is 0.343 e. The Kier molecular flexibility index (Phi) is 9.42. The maximum absolute atomic E-state index is 13.9. The molecule has 0 fully saturated rings. The second-order valence-corrected chi connectivity index (χ2v) is 10.5. The smallest absolute Gasteiger partial charge is 0.343 e. The highest BCUT2D eigenvalue weighted by Crippen LogP contribution is 2.37. The first-order valence-electron chi connectivity index (χ1n) is 12.4. The lowest BCUT2D eigenvalue weighted by Gasteiger charge is -2.25. The van der Waals surface area contributed by atoms with Crippen LogP contribution in [0.1, 0.15) is 37.9 Å². The summed E-state index contributed by atoms with van der Waals surface area (Å²) in [4.78, 5) is 43.5.